The second-order valence-electron chi connectivity index (χ2n) is 8.31. The Morgan fingerprint density at radius 3 is 2.14 bits per heavy atom. The van der Waals surface area contributed by atoms with Crippen molar-refractivity contribution in [1.29, 1.82) is 0 Å². The molecular weight excluding hydrogens is 474 g/mol. The molecule has 8 heteroatoms. The van der Waals surface area contributed by atoms with Gasteiger partial charge in [-0.25, -0.2) is 0 Å². The predicted octanol–water partition coefficient (Wildman–Crippen LogP) is 5.09. The van der Waals surface area contributed by atoms with Crippen molar-refractivity contribution in [3.8, 4) is 11.5 Å². The number of nitrogens with two attached hydrogens (primary N) is 1. The number of primary amides is 1. The molecular formula is C28H23N3O4S. The molecule has 0 saturated carbocycles. The molecule has 180 valence electrons. The molecule has 36 heavy (non-hydrogen) atoms. The number of fused-ring (bicyclic) bond motifs is 1. The van der Waals surface area contributed by atoms with Crippen LogP contribution in [0, 0.1) is 0 Å². The summed E-state index contributed by atoms with van der Waals surface area (Å²) >= 11 is 1.28. The van der Waals surface area contributed by atoms with E-state index in [1.54, 1.807) is 41.3 Å². The maximum absolute atomic E-state index is 13.0. The number of hydrogen-bond acceptors (Lipinski definition) is 5. The van der Waals surface area contributed by atoms with Gasteiger partial charge in [-0.15, -0.1) is 11.3 Å². The molecule has 1 aliphatic heterocycles. The fraction of sp³-hybridized carbons (Fsp3) is 0.107. The first-order valence-corrected chi connectivity index (χ1v) is 12.2. The van der Waals surface area contributed by atoms with E-state index in [9.17, 15) is 14.4 Å². The Balaban J connectivity index is 1.32. The average Bonchev–Trinajstić information content (AvgIpc) is 3.27. The number of amides is 3. The van der Waals surface area contributed by atoms with Crippen molar-refractivity contribution in [2.45, 2.75) is 13.0 Å². The molecule has 0 atom stereocenters. The summed E-state index contributed by atoms with van der Waals surface area (Å²) in [4.78, 5) is 40.8. The molecule has 0 saturated heterocycles. The number of benzene rings is 3. The highest BCUT2D eigenvalue weighted by molar-refractivity contribution is 7.17. The largest absolute Gasteiger partial charge is 0.457 e. The van der Waals surface area contributed by atoms with Crippen molar-refractivity contribution < 1.29 is 19.1 Å². The van der Waals surface area contributed by atoms with Crippen LogP contribution < -0.4 is 15.8 Å². The Morgan fingerprint density at radius 2 is 1.47 bits per heavy atom. The summed E-state index contributed by atoms with van der Waals surface area (Å²) in [6.45, 7) is 0.823. The quantitative estimate of drug-likeness (QED) is 0.387. The number of nitrogens with one attached hydrogen (secondary N) is 1. The van der Waals surface area contributed by atoms with E-state index >= 15 is 0 Å². The third kappa shape index (κ3) is 4.85. The summed E-state index contributed by atoms with van der Waals surface area (Å²) in [5.74, 6) is 0.269. The number of carbonyl (C=O) groups is 3. The highest BCUT2D eigenvalue weighted by Crippen LogP contribution is 2.37. The topological polar surface area (TPSA) is 102 Å². The van der Waals surface area contributed by atoms with Gasteiger partial charge in [0.2, 0.25) is 0 Å². The Labute approximate surface area is 212 Å². The number of anilines is 1. The number of ether oxygens (including phenoxy) is 1. The number of carbonyl (C=O) groups excluding carboxylic acids is 3. The van der Waals surface area contributed by atoms with Crippen molar-refractivity contribution in [2.75, 3.05) is 11.9 Å². The first-order valence-electron chi connectivity index (χ1n) is 11.4. The van der Waals surface area contributed by atoms with Gasteiger partial charge in [0.25, 0.3) is 17.7 Å². The van der Waals surface area contributed by atoms with Crippen LogP contribution in [0.4, 0.5) is 5.00 Å². The minimum atomic E-state index is -0.600. The number of hydrogen-bond donors (Lipinski definition) is 2. The van der Waals surface area contributed by atoms with Gasteiger partial charge in [0.15, 0.2) is 0 Å². The second kappa shape index (κ2) is 10.1. The van der Waals surface area contributed by atoms with Crippen LogP contribution in [0.2, 0.25) is 0 Å². The van der Waals surface area contributed by atoms with Crippen molar-refractivity contribution >= 4 is 34.1 Å². The van der Waals surface area contributed by atoms with E-state index in [4.69, 9.17) is 10.5 Å². The van der Waals surface area contributed by atoms with Gasteiger partial charge in [-0.2, -0.15) is 0 Å². The van der Waals surface area contributed by atoms with Crippen molar-refractivity contribution in [3.63, 3.8) is 0 Å². The zero-order valence-electron chi connectivity index (χ0n) is 19.3. The number of nitrogens with zero attached hydrogens (tertiary/aromatic N) is 1. The SMILES string of the molecule is NC(=O)c1c(NC(=O)c2ccc(Oc3ccccc3)cc2)sc2c1CCN(C(=O)c1ccccc1)C2. The molecule has 3 N–H and O–H groups in total. The third-order valence-corrected chi connectivity index (χ3v) is 7.07. The zero-order valence-corrected chi connectivity index (χ0v) is 20.1. The van der Waals surface area contributed by atoms with Crippen LogP contribution >= 0.6 is 11.3 Å². The molecule has 1 aromatic heterocycles. The van der Waals surface area contributed by atoms with Crippen molar-refractivity contribution in [3.05, 3.63) is 112 Å². The van der Waals surface area contributed by atoms with E-state index in [1.165, 1.54) is 11.3 Å². The van der Waals surface area contributed by atoms with Gasteiger partial charge in [-0.05, 0) is 60.5 Å². The Morgan fingerprint density at radius 1 is 0.833 bits per heavy atom. The van der Waals surface area contributed by atoms with Crippen molar-refractivity contribution in [1.82, 2.24) is 4.90 Å². The van der Waals surface area contributed by atoms with Gasteiger partial charge in [-0.1, -0.05) is 36.4 Å². The summed E-state index contributed by atoms with van der Waals surface area (Å²) in [6, 6.07) is 25.2. The highest BCUT2D eigenvalue weighted by Gasteiger charge is 2.30. The molecule has 7 nitrogen and oxygen atoms in total. The molecule has 0 fully saturated rings. The first-order chi connectivity index (χ1) is 17.5. The molecule has 1 aliphatic rings. The number of thiophene rings is 1. The Bertz CT molecular complexity index is 1420. The average molecular weight is 498 g/mol. The van der Waals surface area contributed by atoms with Crippen LogP contribution in [0.5, 0.6) is 11.5 Å². The lowest BCUT2D eigenvalue weighted by atomic mass is 10.0. The molecule has 0 bridgehead atoms. The summed E-state index contributed by atoms with van der Waals surface area (Å²) in [5, 5.41) is 3.24. The van der Waals surface area contributed by atoms with Crippen molar-refractivity contribution in [2.24, 2.45) is 5.73 Å². The number of rotatable bonds is 6. The maximum atomic E-state index is 13.0. The fourth-order valence-corrected chi connectivity index (χ4v) is 5.43. The van der Waals surface area contributed by atoms with Crippen LogP contribution in [0.15, 0.2) is 84.9 Å². The molecule has 5 rings (SSSR count). The minimum Gasteiger partial charge on any atom is -0.457 e. The molecule has 0 aliphatic carbocycles. The Hall–Kier alpha value is -4.43. The summed E-state index contributed by atoms with van der Waals surface area (Å²) < 4.78 is 5.78. The molecule has 0 spiro atoms. The van der Waals surface area contributed by atoms with Gasteiger partial charge >= 0.3 is 0 Å². The van der Waals surface area contributed by atoms with E-state index in [-0.39, 0.29) is 11.8 Å². The second-order valence-corrected chi connectivity index (χ2v) is 9.41. The van der Waals surface area contributed by atoms with Crippen LogP contribution in [0.3, 0.4) is 0 Å². The van der Waals surface area contributed by atoms with Crippen LogP contribution in [-0.4, -0.2) is 29.2 Å². The van der Waals surface area contributed by atoms with Gasteiger partial charge in [0, 0.05) is 22.5 Å². The molecule has 3 aromatic carbocycles. The zero-order chi connectivity index (χ0) is 25.1. The summed E-state index contributed by atoms with van der Waals surface area (Å²) in [6.07, 6.45) is 0.490. The maximum Gasteiger partial charge on any atom is 0.256 e. The normalized spacial score (nSPS) is 12.5. The van der Waals surface area contributed by atoms with Crippen LogP contribution in [0.1, 0.15) is 41.5 Å². The van der Waals surface area contributed by atoms with E-state index in [2.05, 4.69) is 5.32 Å². The van der Waals surface area contributed by atoms with Gasteiger partial charge in [0.1, 0.15) is 16.5 Å². The third-order valence-electron chi connectivity index (χ3n) is 5.93. The van der Waals surface area contributed by atoms with E-state index in [1.807, 2.05) is 48.5 Å². The standard InChI is InChI=1S/C28H23N3O4S/c29-25(32)24-22-15-16-31(28(34)19-7-3-1-4-8-19)17-23(22)36-27(24)30-26(33)18-11-13-21(14-12-18)35-20-9-5-2-6-10-20/h1-14H,15-17H2,(H2,29,32)(H,30,33). The van der Waals surface area contributed by atoms with Gasteiger partial charge in [-0.3, -0.25) is 14.4 Å². The van der Waals surface area contributed by atoms with Gasteiger partial charge in [0.05, 0.1) is 12.1 Å². The molecule has 2 heterocycles. The summed E-state index contributed by atoms with van der Waals surface area (Å²) in [5.41, 5.74) is 7.84. The Kier molecular flexibility index (Phi) is 6.51. The fourth-order valence-electron chi connectivity index (χ4n) is 4.16. The number of para-hydroxylation sites is 1. The summed E-state index contributed by atoms with van der Waals surface area (Å²) in [7, 11) is 0. The van der Waals surface area contributed by atoms with Gasteiger partial charge < -0.3 is 20.7 Å². The smallest absolute Gasteiger partial charge is 0.256 e. The predicted molar refractivity (Wildman–Crippen MR) is 139 cm³/mol. The highest BCUT2D eigenvalue weighted by atomic mass is 32.1. The lowest BCUT2D eigenvalue weighted by molar-refractivity contribution is 0.0737. The van der Waals surface area contributed by atoms with Crippen LogP contribution in [0.25, 0.3) is 0 Å². The molecule has 4 aromatic rings. The van der Waals surface area contributed by atoms with Crippen LogP contribution in [-0.2, 0) is 13.0 Å². The molecule has 0 radical (unpaired) electrons. The van der Waals surface area contributed by atoms with E-state index in [0.717, 1.165) is 10.4 Å². The monoisotopic (exact) mass is 497 g/mol. The van der Waals surface area contributed by atoms with E-state index < -0.39 is 5.91 Å². The molecule has 0 unspecified atom stereocenters. The minimum absolute atomic E-state index is 0.0707. The lowest BCUT2D eigenvalue weighted by Crippen LogP contribution is -2.35. The first kappa shape index (κ1) is 23.3. The lowest BCUT2D eigenvalue weighted by Gasteiger charge is -2.27. The molecule has 3 amide bonds. The van der Waals surface area contributed by atoms with E-state index in [0.29, 0.717) is 52.7 Å².